The van der Waals surface area contributed by atoms with Crippen molar-refractivity contribution in [2.45, 2.75) is 71.2 Å². The van der Waals surface area contributed by atoms with E-state index in [2.05, 4.69) is 84.5 Å². The summed E-state index contributed by atoms with van der Waals surface area (Å²) in [6, 6.07) is 31.9. The van der Waals surface area contributed by atoms with Crippen LogP contribution in [0.4, 0.5) is 0 Å². The monoisotopic (exact) mass is 876 g/mol. The third kappa shape index (κ3) is 7.51. The number of pyridine rings is 2. The molecule has 0 amide bonds. The summed E-state index contributed by atoms with van der Waals surface area (Å²) in [6.07, 6.45) is 3.16. The van der Waals surface area contributed by atoms with Crippen LogP contribution in [0, 0.1) is 24.5 Å². The standard InChI is InChI=1S/C25H29GeN2O.C16H15N2.Ir/c1-16-11-12-19-18-9-8-10-20(23(18)29-24(19)28-16)22-13-17(14-25(2,3)4)21(15-27-22)26(5,6)7;1-12(2)18-15-11-7-6-10-14(15)17-16(18)13-8-4-3-5-9-13;/h8-9,11-13,15H,14H2,1-7H3;3-8,10-12H,1-2H3;/q2*-1;/i;12D;. The van der Waals surface area contributed by atoms with Gasteiger partial charge in [0.15, 0.2) is 0 Å². The molecule has 48 heavy (non-hydrogen) atoms. The Morgan fingerprint density at radius 1 is 0.917 bits per heavy atom. The van der Waals surface area contributed by atoms with Crippen molar-refractivity contribution in [1.29, 1.82) is 0 Å². The van der Waals surface area contributed by atoms with Crippen LogP contribution in [-0.4, -0.2) is 32.8 Å². The van der Waals surface area contributed by atoms with Crippen molar-refractivity contribution in [1.82, 2.24) is 19.5 Å². The fourth-order valence-electron chi connectivity index (χ4n) is 6.12. The number of rotatable bonds is 5. The van der Waals surface area contributed by atoms with Gasteiger partial charge in [-0.1, -0.05) is 12.1 Å². The normalized spacial score (nSPS) is 12.5. The molecule has 0 bridgehead atoms. The molecule has 1 radical (unpaired) electrons. The minimum atomic E-state index is -2.03. The number of aryl methyl sites for hydroxylation is 1. The summed E-state index contributed by atoms with van der Waals surface area (Å²) in [5.74, 6) is 8.09. The predicted octanol–water partition coefficient (Wildman–Crippen LogP) is 10.4. The Balaban J connectivity index is 0.000000203. The van der Waals surface area contributed by atoms with E-state index in [0.29, 0.717) is 5.71 Å². The smallest absolute Gasteiger partial charge is 0.0770 e. The van der Waals surface area contributed by atoms with Crippen LogP contribution in [0.1, 0.15) is 53.3 Å². The summed E-state index contributed by atoms with van der Waals surface area (Å²) in [4.78, 5) is 14.1. The van der Waals surface area contributed by atoms with Crippen molar-refractivity contribution in [2.75, 3.05) is 0 Å². The molecule has 0 saturated heterocycles. The average Bonchev–Trinajstić information content (AvgIpc) is 3.59. The first-order chi connectivity index (χ1) is 22.6. The molecule has 3 aromatic carbocycles. The van der Waals surface area contributed by atoms with Gasteiger partial charge in [-0.25, -0.2) is 0 Å². The first kappa shape index (κ1) is 34.3. The van der Waals surface area contributed by atoms with Crippen LogP contribution < -0.4 is 4.40 Å². The number of benzene rings is 3. The van der Waals surface area contributed by atoms with E-state index in [1.54, 1.807) is 0 Å². The molecular weight excluding hydrogens is 829 g/mol. The number of hydrogen-bond acceptors (Lipinski definition) is 4. The Hall–Kier alpha value is -3.58. The summed E-state index contributed by atoms with van der Waals surface area (Å²) in [5.41, 5.74) is 8.75. The van der Waals surface area contributed by atoms with Crippen molar-refractivity contribution < 1.29 is 25.9 Å². The largest absolute Gasteiger partial charge is 0.362 e. The van der Waals surface area contributed by atoms with E-state index in [1.165, 1.54) is 9.96 Å². The molecule has 0 N–H and O–H groups in total. The van der Waals surface area contributed by atoms with Gasteiger partial charge < -0.3 is 4.57 Å². The maximum Gasteiger partial charge on any atom is 0.0770 e. The van der Waals surface area contributed by atoms with Crippen LogP contribution in [0.25, 0.3) is 55.7 Å². The second-order valence-electron chi connectivity index (χ2n) is 14.7. The van der Waals surface area contributed by atoms with Gasteiger partial charge in [-0.05, 0) is 26.0 Å². The molecule has 7 heteroatoms. The molecule has 4 aromatic heterocycles. The molecule has 0 aliphatic carbocycles. The Labute approximate surface area is 302 Å². The first-order valence-corrected chi connectivity index (χ1v) is 23.6. The molecule has 0 fully saturated rings. The second kappa shape index (κ2) is 14.1. The number of hydrogen-bond donors (Lipinski definition) is 0. The van der Waals surface area contributed by atoms with Crippen molar-refractivity contribution in [3.05, 3.63) is 108 Å². The van der Waals surface area contributed by atoms with E-state index in [4.69, 9.17) is 10.8 Å². The van der Waals surface area contributed by atoms with E-state index in [9.17, 15) is 0 Å². The van der Waals surface area contributed by atoms with E-state index >= 15 is 0 Å². The molecule has 0 aliphatic rings. The topological polar surface area (TPSA) is 56.7 Å². The van der Waals surface area contributed by atoms with Gasteiger partial charge in [-0.2, -0.15) is 0 Å². The molecule has 0 saturated carbocycles. The molecular formula is C41H44GeIrN4O-2. The van der Waals surface area contributed by atoms with Crippen molar-refractivity contribution in [2.24, 2.45) is 5.41 Å². The number of furan rings is 1. The number of nitrogens with zero attached hydrogens (tertiary/aromatic N) is 4. The summed E-state index contributed by atoms with van der Waals surface area (Å²) in [7, 11) is 0. The Morgan fingerprint density at radius 2 is 1.67 bits per heavy atom. The minimum absolute atomic E-state index is 0. The minimum Gasteiger partial charge on any atom is -0.362 e. The van der Waals surface area contributed by atoms with Gasteiger partial charge in [-0.3, -0.25) is 4.98 Å². The maximum atomic E-state index is 8.37. The molecule has 7 aromatic rings. The fourth-order valence-corrected chi connectivity index (χ4v) is 9.43. The SMILES string of the molecule is Cc1ccc2c(n1)oc1c(-c3cc(CC(C)(C)C)[c]([Ge]([CH3])([CH3])[CH3])cn3)[c-]ccc12.[2H]C(C)(C)n1c(-c2[c-]cccc2)nc2ccccc21.[Ir]. The van der Waals surface area contributed by atoms with Crippen molar-refractivity contribution in [3.8, 4) is 22.6 Å². The number of aromatic nitrogens is 4. The fraction of sp³-hybridized carbons (Fsp3) is 0.293. The van der Waals surface area contributed by atoms with Crippen LogP contribution in [-0.2, 0) is 26.5 Å². The average molecular weight is 875 g/mol. The van der Waals surface area contributed by atoms with Crippen LogP contribution >= 0.6 is 0 Å². The van der Waals surface area contributed by atoms with Gasteiger partial charge in [0.25, 0.3) is 0 Å². The predicted molar refractivity (Wildman–Crippen MR) is 199 cm³/mol. The summed E-state index contributed by atoms with van der Waals surface area (Å²) in [6.45, 7) is 12.6. The number of para-hydroxylation sites is 2. The van der Waals surface area contributed by atoms with E-state index in [-0.39, 0.29) is 25.5 Å². The number of imidazole rings is 1. The maximum absolute atomic E-state index is 8.37. The number of fused-ring (bicyclic) bond motifs is 4. The van der Waals surface area contributed by atoms with Gasteiger partial charge in [0.05, 0.1) is 18.2 Å². The summed E-state index contributed by atoms with van der Waals surface area (Å²) < 4.78 is 18.0. The van der Waals surface area contributed by atoms with Crippen LogP contribution in [0.3, 0.4) is 0 Å². The molecule has 4 heterocycles. The third-order valence-corrected chi connectivity index (χ3v) is 12.5. The molecule has 7 rings (SSSR count). The Bertz CT molecular complexity index is 2240. The van der Waals surface area contributed by atoms with Gasteiger partial charge in [-0.15, -0.1) is 35.9 Å². The third-order valence-electron chi connectivity index (χ3n) is 8.17. The Morgan fingerprint density at radius 3 is 2.35 bits per heavy atom. The van der Waals surface area contributed by atoms with Crippen molar-refractivity contribution in [3.63, 3.8) is 0 Å². The van der Waals surface area contributed by atoms with E-state index in [0.717, 1.165) is 62.1 Å². The molecule has 0 atom stereocenters. The zero-order valence-corrected chi connectivity index (χ0v) is 33.8. The van der Waals surface area contributed by atoms with Gasteiger partial charge in [0, 0.05) is 26.1 Å². The Kier molecular flexibility index (Phi) is 10.1. The van der Waals surface area contributed by atoms with Gasteiger partial charge in [0.2, 0.25) is 0 Å². The van der Waals surface area contributed by atoms with Crippen LogP contribution in [0.15, 0.2) is 89.5 Å². The van der Waals surface area contributed by atoms with Crippen LogP contribution in [0.5, 0.6) is 0 Å². The second-order valence-corrected chi connectivity index (χ2v) is 25.3. The molecule has 0 spiro atoms. The molecule has 0 unspecified atom stereocenters. The molecule has 249 valence electrons. The molecule has 0 aliphatic heterocycles. The molecule has 5 nitrogen and oxygen atoms in total. The zero-order chi connectivity index (χ0) is 34.4. The summed E-state index contributed by atoms with van der Waals surface area (Å²) in [5, 5.41) is 2.11. The summed E-state index contributed by atoms with van der Waals surface area (Å²) >= 11 is -2.03. The van der Waals surface area contributed by atoms with Crippen LogP contribution in [0.2, 0.25) is 17.3 Å². The van der Waals surface area contributed by atoms with Gasteiger partial charge >= 0.3 is 176 Å². The quantitative estimate of drug-likeness (QED) is 0.128. The van der Waals surface area contributed by atoms with E-state index in [1.807, 2.05) is 86.0 Å². The van der Waals surface area contributed by atoms with E-state index < -0.39 is 19.3 Å². The van der Waals surface area contributed by atoms with Gasteiger partial charge in [0.1, 0.15) is 0 Å². The first-order valence-electron chi connectivity index (χ1n) is 16.8. The van der Waals surface area contributed by atoms with Crippen molar-refractivity contribution >= 4 is 50.8 Å². The zero-order valence-electron chi connectivity index (χ0n) is 30.3.